The molecule has 0 N–H and O–H groups in total. The zero-order valence-electron chi connectivity index (χ0n) is 16.7. The van der Waals surface area contributed by atoms with Gasteiger partial charge < -0.3 is 0 Å². The van der Waals surface area contributed by atoms with Gasteiger partial charge in [-0.25, -0.2) is 17.6 Å². The molecular weight excluding hydrogens is 383 g/mol. The minimum atomic E-state index is -1.20. The molecule has 2 rings (SSSR count). The van der Waals surface area contributed by atoms with E-state index >= 15 is 0 Å². The number of allylic oxidation sites excluding steroid dienone is 1. The summed E-state index contributed by atoms with van der Waals surface area (Å²) in [5.41, 5.74) is -0.303. The van der Waals surface area contributed by atoms with Gasteiger partial charge in [-0.15, -0.1) is 0 Å². The number of benzene rings is 2. The van der Waals surface area contributed by atoms with Gasteiger partial charge in [0.1, 0.15) is 0 Å². The number of alkyl halides is 1. The Morgan fingerprint density at radius 3 is 2.07 bits per heavy atom. The molecule has 0 radical (unpaired) electrons. The van der Waals surface area contributed by atoms with Crippen LogP contribution in [0.4, 0.5) is 22.0 Å². The van der Waals surface area contributed by atoms with E-state index in [0.717, 1.165) is 32.1 Å². The predicted molar refractivity (Wildman–Crippen MR) is 108 cm³/mol. The summed E-state index contributed by atoms with van der Waals surface area (Å²) in [6, 6.07) is 5.35. The second-order valence-corrected chi connectivity index (χ2v) is 7.13. The van der Waals surface area contributed by atoms with E-state index in [-0.39, 0.29) is 28.9 Å². The Morgan fingerprint density at radius 2 is 1.38 bits per heavy atom. The Balaban J connectivity index is 2.16. The van der Waals surface area contributed by atoms with Crippen molar-refractivity contribution in [1.29, 1.82) is 0 Å². The van der Waals surface area contributed by atoms with E-state index in [1.807, 2.05) is 6.92 Å². The first kappa shape index (κ1) is 23.1. The molecule has 0 bridgehead atoms. The van der Waals surface area contributed by atoms with Crippen molar-refractivity contribution in [3.8, 4) is 11.1 Å². The zero-order chi connectivity index (χ0) is 21.2. The summed E-state index contributed by atoms with van der Waals surface area (Å²) < 4.78 is 69.7. The lowest BCUT2D eigenvalue weighted by atomic mass is 9.98. The topological polar surface area (TPSA) is 0 Å². The molecule has 0 nitrogen and oxygen atoms in total. The fourth-order valence-electron chi connectivity index (χ4n) is 3.18. The number of halogens is 5. The van der Waals surface area contributed by atoms with Crippen molar-refractivity contribution in [2.75, 3.05) is 6.67 Å². The fourth-order valence-corrected chi connectivity index (χ4v) is 3.18. The predicted octanol–water partition coefficient (Wildman–Crippen LogP) is 8.19. The lowest BCUT2D eigenvalue weighted by Crippen LogP contribution is -2.00. The molecule has 0 aliphatic rings. The van der Waals surface area contributed by atoms with E-state index in [1.54, 1.807) is 6.08 Å². The van der Waals surface area contributed by atoms with Gasteiger partial charge >= 0.3 is 0 Å². The van der Waals surface area contributed by atoms with Crippen LogP contribution < -0.4 is 0 Å². The second-order valence-electron chi connectivity index (χ2n) is 7.13. The van der Waals surface area contributed by atoms with Gasteiger partial charge in [-0.2, -0.15) is 0 Å². The highest BCUT2D eigenvalue weighted by Gasteiger charge is 2.20. The molecule has 0 heterocycles. The van der Waals surface area contributed by atoms with Gasteiger partial charge in [0.2, 0.25) is 0 Å². The van der Waals surface area contributed by atoms with Crippen molar-refractivity contribution in [3.05, 3.63) is 64.7 Å². The highest BCUT2D eigenvalue weighted by Crippen LogP contribution is 2.31. The van der Waals surface area contributed by atoms with Crippen molar-refractivity contribution >= 4 is 6.08 Å². The molecule has 0 aliphatic carbocycles. The number of aryl methyl sites for hydroxylation is 1. The number of hydrogen-bond donors (Lipinski definition) is 0. The van der Waals surface area contributed by atoms with E-state index < -0.39 is 23.3 Å². The van der Waals surface area contributed by atoms with Crippen LogP contribution in [-0.2, 0) is 6.42 Å². The van der Waals surface area contributed by atoms with E-state index in [9.17, 15) is 22.0 Å². The number of rotatable bonds is 11. The zero-order valence-corrected chi connectivity index (χ0v) is 16.7. The SMILES string of the molecule is CCCCc1ccc(-c2ccc(/C=C/CCCCCCF)c(F)c2F)c(F)c1F. The van der Waals surface area contributed by atoms with Crippen molar-refractivity contribution in [2.45, 2.75) is 58.3 Å². The number of unbranched alkanes of at least 4 members (excludes halogenated alkanes) is 5. The standard InChI is InChI=1S/C24H27F5/c1-2-3-10-17-12-14-19(23(28)21(17)26)20-15-13-18(22(27)24(20)29)11-8-6-4-5-7-9-16-25/h8,11-15H,2-7,9-10,16H2,1H3/b11-8+. The Kier molecular flexibility index (Phi) is 9.36. The van der Waals surface area contributed by atoms with E-state index in [2.05, 4.69) is 0 Å². The van der Waals surface area contributed by atoms with Crippen LogP contribution in [0.25, 0.3) is 17.2 Å². The van der Waals surface area contributed by atoms with Gasteiger partial charge in [-0.3, -0.25) is 4.39 Å². The number of hydrogen-bond acceptors (Lipinski definition) is 0. The highest BCUT2D eigenvalue weighted by molar-refractivity contribution is 5.68. The van der Waals surface area contributed by atoms with Crippen LogP contribution in [0, 0.1) is 23.3 Å². The fraction of sp³-hybridized carbons (Fsp3) is 0.417. The van der Waals surface area contributed by atoms with E-state index in [1.165, 1.54) is 30.3 Å². The molecule has 0 aliphatic heterocycles. The largest absolute Gasteiger partial charge is 0.251 e. The third-order valence-corrected chi connectivity index (χ3v) is 4.92. The Morgan fingerprint density at radius 1 is 0.724 bits per heavy atom. The Bertz CT molecular complexity index is 827. The molecule has 2 aromatic carbocycles. The Labute approximate surface area is 169 Å². The quantitative estimate of drug-likeness (QED) is 0.259. The normalized spacial score (nSPS) is 11.5. The average molecular weight is 410 g/mol. The molecule has 29 heavy (non-hydrogen) atoms. The highest BCUT2D eigenvalue weighted by atomic mass is 19.2. The van der Waals surface area contributed by atoms with E-state index in [0.29, 0.717) is 19.3 Å². The second kappa shape index (κ2) is 11.7. The van der Waals surface area contributed by atoms with Gasteiger partial charge in [0, 0.05) is 16.7 Å². The van der Waals surface area contributed by atoms with Crippen LogP contribution in [-0.4, -0.2) is 6.67 Å². The smallest absolute Gasteiger partial charge is 0.167 e. The van der Waals surface area contributed by atoms with Crippen LogP contribution in [0.1, 0.15) is 63.0 Å². The van der Waals surface area contributed by atoms with E-state index in [4.69, 9.17) is 0 Å². The van der Waals surface area contributed by atoms with Gasteiger partial charge in [0.25, 0.3) is 0 Å². The molecule has 0 unspecified atom stereocenters. The first-order valence-corrected chi connectivity index (χ1v) is 10.2. The Hall–Kier alpha value is -2.17. The summed E-state index contributed by atoms with van der Waals surface area (Å²) in [5.74, 6) is -4.46. The summed E-state index contributed by atoms with van der Waals surface area (Å²) in [5, 5.41) is 0. The summed E-state index contributed by atoms with van der Waals surface area (Å²) in [4.78, 5) is 0. The molecule has 158 valence electrons. The minimum Gasteiger partial charge on any atom is -0.251 e. The van der Waals surface area contributed by atoms with Gasteiger partial charge in [0.15, 0.2) is 23.3 Å². The average Bonchev–Trinajstić information content (AvgIpc) is 2.72. The van der Waals surface area contributed by atoms with Crippen LogP contribution in [0.5, 0.6) is 0 Å². The van der Waals surface area contributed by atoms with Crippen LogP contribution >= 0.6 is 0 Å². The molecule has 0 aromatic heterocycles. The molecule has 0 atom stereocenters. The molecule has 0 spiro atoms. The van der Waals surface area contributed by atoms with Crippen LogP contribution in [0.3, 0.4) is 0 Å². The molecule has 0 amide bonds. The first-order chi connectivity index (χ1) is 14.0. The van der Waals surface area contributed by atoms with Crippen molar-refractivity contribution in [1.82, 2.24) is 0 Å². The van der Waals surface area contributed by atoms with Gasteiger partial charge in [0.05, 0.1) is 6.67 Å². The maximum Gasteiger partial charge on any atom is 0.167 e. The van der Waals surface area contributed by atoms with Gasteiger partial charge in [-0.05, 0) is 37.7 Å². The molecular formula is C24H27F5. The van der Waals surface area contributed by atoms with Crippen LogP contribution in [0.15, 0.2) is 30.3 Å². The third kappa shape index (κ3) is 6.15. The van der Waals surface area contributed by atoms with Crippen molar-refractivity contribution in [3.63, 3.8) is 0 Å². The lowest BCUT2D eigenvalue weighted by Gasteiger charge is -2.11. The van der Waals surface area contributed by atoms with Crippen molar-refractivity contribution < 1.29 is 22.0 Å². The minimum absolute atomic E-state index is 0.0513. The lowest BCUT2D eigenvalue weighted by molar-refractivity contribution is 0.453. The molecule has 0 fully saturated rings. The monoisotopic (exact) mass is 410 g/mol. The first-order valence-electron chi connectivity index (χ1n) is 10.2. The summed E-state index contributed by atoms with van der Waals surface area (Å²) in [7, 11) is 0. The molecule has 5 heteroatoms. The maximum atomic E-state index is 14.5. The van der Waals surface area contributed by atoms with Crippen molar-refractivity contribution in [2.24, 2.45) is 0 Å². The molecule has 2 aromatic rings. The molecule has 0 saturated heterocycles. The van der Waals surface area contributed by atoms with Crippen LogP contribution in [0.2, 0.25) is 0 Å². The summed E-state index contributed by atoms with van der Waals surface area (Å²) in [6.45, 7) is 1.63. The van der Waals surface area contributed by atoms with Gasteiger partial charge in [-0.1, -0.05) is 62.6 Å². The maximum absolute atomic E-state index is 14.5. The molecule has 0 saturated carbocycles. The third-order valence-electron chi connectivity index (χ3n) is 4.92. The summed E-state index contributed by atoms with van der Waals surface area (Å²) in [6.07, 6.45) is 8.91. The summed E-state index contributed by atoms with van der Waals surface area (Å²) >= 11 is 0.